The van der Waals surface area contributed by atoms with Gasteiger partial charge in [0.05, 0.1) is 5.56 Å². The minimum atomic E-state index is -0.291. The monoisotopic (exact) mass is 334 g/mol. The van der Waals surface area contributed by atoms with Crippen LogP contribution in [0.4, 0.5) is 0 Å². The molecule has 0 aliphatic heterocycles. The first-order valence-corrected chi connectivity index (χ1v) is 7.26. The Balaban J connectivity index is 2.44. The van der Waals surface area contributed by atoms with Crippen LogP contribution < -0.4 is 10.1 Å². The SMILES string of the molecule is [2H]c1nsc(Oc2ccccc2/C(=N\OC)C(=NC)NC(C)=O)n1. The summed E-state index contributed by atoms with van der Waals surface area (Å²) in [6.07, 6.45) is -0.118. The molecule has 1 amide bonds. The van der Waals surface area contributed by atoms with Gasteiger partial charge in [0.25, 0.3) is 5.19 Å². The minimum Gasteiger partial charge on any atom is -0.429 e. The summed E-state index contributed by atoms with van der Waals surface area (Å²) in [6.45, 7) is 1.37. The van der Waals surface area contributed by atoms with Crippen LogP contribution in [0.5, 0.6) is 10.9 Å². The summed E-state index contributed by atoms with van der Waals surface area (Å²) in [4.78, 5) is 24.1. The number of hydrogen-bond acceptors (Lipinski definition) is 8. The second-order valence-corrected chi connectivity index (χ2v) is 4.85. The lowest BCUT2D eigenvalue weighted by atomic mass is 10.1. The van der Waals surface area contributed by atoms with Gasteiger partial charge in [0, 0.05) is 25.5 Å². The normalized spacial score (nSPS) is 12.6. The van der Waals surface area contributed by atoms with E-state index < -0.39 is 0 Å². The van der Waals surface area contributed by atoms with Crippen molar-refractivity contribution in [2.24, 2.45) is 10.1 Å². The molecule has 0 spiro atoms. The highest BCUT2D eigenvalue weighted by Gasteiger charge is 2.19. The van der Waals surface area contributed by atoms with Crippen LogP contribution in [-0.4, -0.2) is 41.0 Å². The molecular formula is C14H15N5O3S. The van der Waals surface area contributed by atoms with Gasteiger partial charge in [-0.15, -0.1) is 0 Å². The average Bonchev–Trinajstić information content (AvgIpc) is 2.96. The molecule has 120 valence electrons. The molecule has 0 fully saturated rings. The molecule has 2 rings (SSSR count). The zero-order valence-electron chi connectivity index (χ0n) is 13.7. The maximum atomic E-state index is 11.4. The van der Waals surface area contributed by atoms with E-state index in [0.717, 1.165) is 11.5 Å². The number of para-hydroxylation sites is 1. The second-order valence-electron chi connectivity index (χ2n) is 4.13. The molecule has 0 aliphatic carbocycles. The zero-order chi connectivity index (χ0) is 17.5. The van der Waals surface area contributed by atoms with Crippen molar-refractivity contribution in [2.45, 2.75) is 6.92 Å². The van der Waals surface area contributed by atoms with E-state index in [9.17, 15) is 4.79 Å². The lowest BCUT2D eigenvalue weighted by Crippen LogP contribution is -2.35. The molecule has 0 radical (unpaired) electrons. The molecule has 9 heteroatoms. The van der Waals surface area contributed by atoms with Crippen LogP contribution in [-0.2, 0) is 9.63 Å². The molecule has 8 nitrogen and oxygen atoms in total. The fraction of sp³-hybridized carbons (Fsp3) is 0.214. The largest absolute Gasteiger partial charge is 0.429 e. The first-order valence-electron chi connectivity index (χ1n) is 6.98. The number of carbonyl (C=O) groups excluding carboxylic acids is 1. The summed E-state index contributed by atoms with van der Waals surface area (Å²) in [7, 11) is 2.92. The van der Waals surface area contributed by atoms with Crippen molar-refractivity contribution in [3.63, 3.8) is 0 Å². The van der Waals surface area contributed by atoms with Crippen LogP contribution in [0.15, 0.2) is 40.7 Å². The molecule has 1 aromatic carbocycles. The third-order valence-electron chi connectivity index (χ3n) is 2.57. The number of aromatic nitrogens is 2. The third kappa shape index (κ3) is 4.33. The number of benzene rings is 1. The predicted molar refractivity (Wildman–Crippen MR) is 87.1 cm³/mol. The van der Waals surface area contributed by atoms with Gasteiger partial charge >= 0.3 is 0 Å². The Morgan fingerprint density at radius 2 is 2.22 bits per heavy atom. The summed E-state index contributed by atoms with van der Waals surface area (Å²) in [5.74, 6) is 0.357. The van der Waals surface area contributed by atoms with E-state index in [1.807, 2.05) is 0 Å². The molecule has 0 atom stereocenters. The Kier molecular flexibility index (Phi) is 5.25. The van der Waals surface area contributed by atoms with Gasteiger partial charge in [0.2, 0.25) is 5.91 Å². The molecule has 0 unspecified atom stereocenters. The summed E-state index contributed by atoms with van der Waals surface area (Å²) in [5, 5.41) is 6.77. The van der Waals surface area contributed by atoms with Gasteiger partial charge in [-0.1, -0.05) is 17.3 Å². The number of nitrogens with one attached hydrogen (secondary N) is 1. The Morgan fingerprint density at radius 3 is 2.83 bits per heavy atom. The smallest absolute Gasteiger partial charge is 0.298 e. The van der Waals surface area contributed by atoms with Crippen molar-refractivity contribution in [3.05, 3.63) is 36.1 Å². The number of amidine groups is 1. The standard InChI is InChI=1S/C14H15N5O3S/c1-9(20)18-13(15-2)12(19-21-3)10-6-4-5-7-11(10)22-14-16-8-17-23-14/h4-8H,1-3H3,(H,15,18,20)/b19-12+/i8D. The van der Waals surface area contributed by atoms with Crippen LogP contribution in [0.3, 0.4) is 0 Å². The molecule has 1 aromatic heterocycles. The highest BCUT2D eigenvalue weighted by Crippen LogP contribution is 2.26. The van der Waals surface area contributed by atoms with Crippen LogP contribution in [0, 0.1) is 0 Å². The van der Waals surface area contributed by atoms with Gasteiger partial charge in [-0.2, -0.15) is 9.36 Å². The van der Waals surface area contributed by atoms with Gasteiger partial charge in [0.15, 0.2) is 11.5 Å². The van der Waals surface area contributed by atoms with E-state index in [2.05, 4.69) is 24.8 Å². The minimum absolute atomic E-state index is 0.118. The van der Waals surface area contributed by atoms with Crippen LogP contribution in [0.25, 0.3) is 0 Å². The first kappa shape index (κ1) is 15.1. The number of hydrogen-bond donors (Lipinski definition) is 1. The van der Waals surface area contributed by atoms with E-state index in [0.29, 0.717) is 17.0 Å². The molecule has 0 aliphatic rings. The van der Waals surface area contributed by atoms with Crippen LogP contribution >= 0.6 is 11.5 Å². The number of carbonyl (C=O) groups is 1. The Labute approximate surface area is 138 Å². The van der Waals surface area contributed by atoms with Crippen molar-refractivity contribution in [1.29, 1.82) is 0 Å². The van der Waals surface area contributed by atoms with Crippen molar-refractivity contribution in [1.82, 2.24) is 14.7 Å². The number of rotatable bonds is 5. The van der Waals surface area contributed by atoms with E-state index in [1.165, 1.54) is 21.1 Å². The Bertz CT molecular complexity index is 790. The van der Waals surface area contributed by atoms with Crippen LogP contribution in [0.2, 0.25) is 0 Å². The molecule has 0 saturated carbocycles. The maximum Gasteiger partial charge on any atom is 0.298 e. The lowest BCUT2D eigenvalue weighted by Gasteiger charge is -2.12. The van der Waals surface area contributed by atoms with E-state index in [4.69, 9.17) is 10.9 Å². The molecule has 0 bridgehead atoms. The quantitative estimate of drug-likeness (QED) is 0.511. The van der Waals surface area contributed by atoms with Gasteiger partial charge in [-0.25, -0.2) is 0 Å². The fourth-order valence-electron chi connectivity index (χ4n) is 1.73. The zero-order valence-corrected chi connectivity index (χ0v) is 13.5. The van der Waals surface area contributed by atoms with Crippen molar-refractivity contribution in [2.75, 3.05) is 14.2 Å². The van der Waals surface area contributed by atoms with Gasteiger partial charge in [-0.05, 0) is 12.1 Å². The number of aliphatic imine (C=N–C) groups is 1. The molecule has 23 heavy (non-hydrogen) atoms. The van der Waals surface area contributed by atoms with Crippen molar-refractivity contribution >= 4 is 29.0 Å². The second kappa shape index (κ2) is 7.99. The van der Waals surface area contributed by atoms with Crippen molar-refractivity contribution < 1.29 is 15.7 Å². The number of ether oxygens (including phenoxy) is 1. The third-order valence-corrected chi connectivity index (χ3v) is 3.07. The van der Waals surface area contributed by atoms with Crippen LogP contribution in [0.1, 0.15) is 13.9 Å². The van der Waals surface area contributed by atoms with E-state index in [1.54, 1.807) is 24.3 Å². The van der Waals surface area contributed by atoms with E-state index in [-0.39, 0.29) is 23.2 Å². The maximum absolute atomic E-state index is 11.4. The molecule has 0 saturated heterocycles. The molecule has 1 N–H and O–H groups in total. The van der Waals surface area contributed by atoms with Crippen molar-refractivity contribution in [3.8, 4) is 10.9 Å². The average molecular weight is 334 g/mol. The molecule has 2 aromatic rings. The lowest BCUT2D eigenvalue weighted by molar-refractivity contribution is -0.117. The highest BCUT2D eigenvalue weighted by atomic mass is 32.1. The van der Waals surface area contributed by atoms with Gasteiger partial charge < -0.3 is 14.9 Å². The summed E-state index contributed by atoms with van der Waals surface area (Å²) < 4.78 is 16.8. The van der Waals surface area contributed by atoms with E-state index >= 15 is 0 Å². The summed E-state index contributed by atoms with van der Waals surface area (Å²) in [5.41, 5.74) is 0.830. The highest BCUT2D eigenvalue weighted by molar-refractivity contribution is 7.07. The van der Waals surface area contributed by atoms with Gasteiger partial charge in [0.1, 0.15) is 20.5 Å². The van der Waals surface area contributed by atoms with Gasteiger partial charge in [-0.3, -0.25) is 9.79 Å². The topological polar surface area (TPSA) is 98.1 Å². The molecular weight excluding hydrogens is 318 g/mol. The summed E-state index contributed by atoms with van der Waals surface area (Å²) >= 11 is 0.961. The molecule has 1 heterocycles. The Morgan fingerprint density at radius 1 is 1.43 bits per heavy atom. The first-order chi connectivity index (χ1) is 11.5. The number of nitrogens with zero attached hydrogens (tertiary/aromatic N) is 4. The predicted octanol–water partition coefficient (Wildman–Crippen LogP) is 1.85. The number of amides is 1. The number of oxime groups is 1. The fourth-order valence-corrected chi connectivity index (χ4v) is 2.10. The summed E-state index contributed by atoms with van der Waals surface area (Å²) in [6, 6.07) is 6.99. The Hall–Kier alpha value is -2.81.